The zero-order chi connectivity index (χ0) is 25.2. The molecule has 0 radical (unpaired) electrons. The van der Waals surface area contributed by atoms with Crippen molar-refractivity contribution in [2.24, 2.45) is 13.0 Å². The molecule has 4 aromatic rings. The highest BCUT2D eigenvalue weighted by Gasteiger charge is 2.20. The number of aliphatic hydroxyl groups excluding tert-OH is 1. The molecule has 3 heterocycles. The van der Waals surface area contributed by atoms with Crippen LogP contribution in [0.2, 0.25) is 0 Å². The average Bonchev–Trinajstić information content (AvgIpc) is 3.62. The van der Waals surface area contributed by atoms with Crippen molar-refractivity contribution in [3.63, 3.8) is 0 Å². The topological polar surface area (TPSA) is 122 Å². The summed E-state index contributed by atoms with van der Waals surface area (Å²) in [6, 6.07) is 8.14. The molecule has 0 spiro atoms. The monoisotopic (exact) mass is 487 g/mol. The number of carbonyl (C=O) groups is 1. The van der Waals surface area contributed by atoms with Crippen molar-refractivity contribution < 1.29 is 9.90 Å². The SMILES string of the molecule is Cn1cc(-c2cccc(-c3ncc(-c4cn[nH]c4)cn3)c2)cn1.O=C(NCCCO)C1CCCCC1. The first kappa shape index (κ1) is 25.2. The van der Waals surface area contributed by atoms with Gasteiger partial charge in [0.2, 0.25) is 5.91 Å². The van der Waals surface area contributed by atoms with Crippen LogP contribution >= 0.6 is 0 Å². The van der Waals surface area contributed by atoms with Gasteiger partial charge in [-0.2, -0.15) is 10.2 Å². The Balaban J connectivity index is 0.000000200. The van der Waals surface area contributed by atoms with Crippen molar-refractivity contribution in [1.29, 1.82) is 0 Å². The summed E-state index contributed by atoms with van der Waals surface area (Å²) in [4.78, 5) is 20.4. The van der Waals surface area contributed by atoms with Gasteiger partial charge < -0.3 is 10.4 Å². The van der Waals surface area contributed by atoms with E-state index in [-0.39, 0.29) is 18.4 Å². The van der Waals surface area contributed by atoms with Crippen molar-refractivity contribution in [2.75, 3.05) is 13.2 Å². The van der Waals surface area contributed by atoms with E-state index in [1.165, 1.54) is 19.3 Å². The van der Waals surface area contributed by atoms with Crippen LogP contribution in [0.25, 0.3) is 33.6 Å². The van der Waals surface area contributed by atoms with Crippen LogP contribution in [0.3, 0.4) is 0 Å². The van der Waals surface area contributed by atoms with Crippen molar-refractivity contribution >= 4 is 5.91 Å². The fraction of sp³-hybridized carbons (Fsp3) is 0.370. The smallest absolute Gasteiger partial charge is 0.223 e. The highest BCUT2D eigenvalue weighted by Crippen LogP contribution is 2.25. The van der Waals surface area contributed by atoms with Crippen LogP contribution in [0.5, 0.6) is 0 Å². The molecule has 1 aliphatic rings. The molecule has 0 aliphatic heterocycles. The van der Waals surface area contributed by atoms with E-state index in [2.05, 4.69) is 42.7 Å². The van der Waals surface area contributed by atoms with Crippen LogP contribution in [0.4, 0.5) is 0 Å². The van der Waals surface area contributed by atoms with Crippen LogP contribution in [-0.4, -0.2) is 54.1 Å². The van der Waals surface area contributed by atoms with Crippen molar-refractivity contribution in [1.82, 2.24) is 35.3 Å². The van der Waals surface area contributed by atoms with E-state index in [1.807, 2.05) is 50.2 Å². The van der Waals surface area contributed by atoms with Gasteiger partial charge in [-0.15, -0.1) is 0 Å². The van der Waals surface area contributed by atoms with Crippen molar-refractivity contribution in [2.45, 2.75) is 38.5 Å². The highest BCUT2D eigenvalue weighted by molar-refractivity contribution is 5.78. The first-order valence-electron chi connectivity index (χ1n) is 12.4. The van der Waals surface area contributed by atoms with Gasteiger partial charge in [0.15, 0.2) is 5.82 Å². The van der Waals surface area contributed by atoms with Gasteiger partial charge in [0, 0.05) is 73.2 Å². The van der Waals surface area contributed by atoms with E-state index in [4.69, 9.17) is 5.11 Å². The molecule has 5 rings (SSSR count). The minimum absolute atomic E-state index is 0.158. The summed E-state index contributed by atoms with van der Waals surface area (Å²) in [5.41, 5.74) is 5.05. The van der Waals surface area contributed by atoms with Gasteiger partial charge in [-0.1, -0.05) is 37.5 Å². The molecule has 0 unspecified atom stereocenters. The Labute approximate surface area is 211 Å². The normalized spacial score (nSPS) is 13.6. The summed E-state index contributed by atoms with van der Waals surface area (Å²) in [7, 11) is 1.91. The van der Waals surface area contributed by atoms with E-state index in [0.29, 0.717) is 18.8 Å². The molecule has 36 heavy (non-hydrogen) atoms. The number of aliphatic hydroxyl groups is 1. The number of amides is 1. The molecule has 0 atom stereocenters. The average molecular weight is 488 g/mol. The predicted octanol–water partition coefficient (Wildman–Crippen LogP) is 4.00. The summed E-state index contributed by atoms with van der Waals surface area (Å²) in [5.74, 6) is 1.13. The third-order valence-corrected chi connectivity index (χ3v) is 6.25. The number of carbonyl (C=O) groups excluding carboxylic acids is 1. The maximum absolute atomic E-state index is 11.5. The van der Waals surface area contributed by atoms with Crippen LogP contribution < -0.4 is 5.32 Å². The molecular formula is C27H33N7O2. The molecule has 3 N–H and O–H groups in total. The van der Waals surface area contributed by atoms with Crippen LogP contribution in [0.1, 0.15) is 38.5 Å². The van der Waals surface area contributed by atoms with Crippen LogP contribution in [-0.2, 0) is 11.8 Å². The molecule has 1 saturated carbocycles. The van der Waals surface area contributed by atoms with Crippen LogP contribution in [0, 0.1) is 5.92 Å². The van der Waals surface area contributed by atoms with Gasteiger partial charge in [0.1, 0.15) is 0 Å². The molecule has 1 amide bonds. The number of aromatic nitrogens is 6. The van der Waals surface area contributed by atoms with Crippen LogP contribution in [0.15, 0.2) is 61.4 Å². The summed E-state index contributed by atoms with van der Waals surface area (Å²) in [5, 5.41) is 22.3. The zero-order valence-electron chi connectivity index (χ0n) is 20.6. The van der Waals surface area contributed by atoms with Gasteiger partial charge in [0.05, 0.1) is 12.4 Å². The Morgan fingerprint density at radius 2 is 1.81 bits per heavy atom. The third kappa shape index (κ3) is 6.85. The minimum Gasteiger partial charge on any atom is -0.396 e. The van der Waals surface area contributed by atoms with Crippen molar-refractivity contribution in [3.05, 3.63) is 61.4 Å². The van der Waals surface area contributed by atoms with Gasteiger partial charge >= 0.3 is 0 Å². The molecule has 0 bridgehead atoms. The molecule has 188 valence electrons. The summed E-state index contributed by atoms with van der Waals surface area (Å²) in [6.45, 7) is 0.775. The molecule has 9 heteroatoms. The Bertz CT molecular complexity index is 1210. The molecule has 1 fully saturated rings. The second-order valence-corrected chi connectivity index (χ2v) is 8.97. The number of H-pyrrole nitrogens is 1. The van der Waals surface area contributed by atoms with E-state index >= 15 is 0 Å². The molecule has 9 nitrogen and oxygen atoms in total. The van der Waals surface area contributed by atoms with E-state index in [9.17, 15) is 4.79 Å². The van der Waals surface area contributed by atoms with Gasteiger partial charge in [-0.05, 0) is 30.9 Å². The maximum Gasteiger partial charge on any atom is 0.223 e. The Morgan fingerprint density at radius 1 is 1.03 bits per heavy atom. The lowest BCUT2D eigenvalue weighted by molar-refractivity contribution is -0.125. The fourth-order valence-electron chi connectivity index (χ4n) is 4.24. The van der Waals surface area contributed by atoms with Gasteiger partial charge in [0.25, 0.3) is 0 Å². The summed E-state index contributed by atoms with van der Waals surface area (Å²) < 4.78 is 1.79. The second kappa shape index (κ2) is 12.7. The van der Waals surface area contributed by atoms with E-state index in [1.54, 1.807) is 10.9 Å². The minimum atomic E-state index is 0.158. The van der Waals surface area contributed by atoms with Gasteiger partial charge in [-0.3, -0.25) is 14.6 Å². The second-order valence-electron chi connectivity index (χ2n) is 8.97. The lowest BCUT2D eigenvalue weighted by atomic mass is 9.89. The third-order valence-electron chi connectivity index (χ3n) is 6.25. The first-order valence-corrected chi connectivity index (χ1v) is 12.4. The predicted molar refractivity (Wildman–Crippen MR) is 139 cm³/mol. The fourth-order valence-corrected chi connectivity index (χ4v) is 4.24. The molecule has 0 saturated heterocycles. The lowest BCUT2D eigenvalue weighted by Crippen LogP contribution is -2.32. The number of nitrogens with one attached hydrogen (secondary N) is 2. The zero-order valence-corrected chi connectivity index (χ0v) is 20.6. The number of aryl methyl sites for hydroxylation is 1. The number of nitrogens with zero attached hydrogens (tertiary/aromatic N) is 5. The highest BCUT2D eigenvalue weighted by atomic mass is 16.3. The number of aromatic amines is 1. The molecular weight excluding hydrogens is 454 g/mol. The number of hydrogen-bond acceptors (Lipinski definition) is 6. The standard InChI is InChI=1S/C17H14N6.C10H19NO2/c1-23-11-16(10-22-23)12-3-2-4-13(5-12)17-18-6-14(7-19-17)15-8-20-21-9-15;12-8-4-7-11-10(13)9-5-2-1-3-6-9/h2-11H,1H3,(H,20,21);9,12H,1-8H2,(H,11,13). The number of rotatable bonds is 7. The Morgan fingerprint density at radius 3 is 2.47 bits per heavy atom. The summed E-state index contributed by atoms with van der Waals surface area (Å²) >= 11 is 0. The van der Waals surface area contributed by atoms with Gasteiger partial charge in [-0.25, -0.2) is 9.97 Å². The number of benzene rings is 1. The number of hydrogen-bond donors (Lipinski definition) is 3. The van der Waals surface area contributed by atoms with Crippen molar-refractivity contribution in [3.8, 4) is 33.6 Å². The first-order chi connectivity index (χ1) is 17.6. The lowest BCUT2D eigenvalue weighted by Gasteiger charge is -2.20. The molecule has 3 aromatic heterocycles. The molecule has 1 aliphatic carbocycles. The quantitative estimate of drug-likeness (QED) is 0.339. The Hall–Kier alpha value is -3.85. The maximum atomic E-state index is 11.5. The Kier molecular flexibility index (Phi) is 8.93. The molecule has 1 aromatic carbocycles. The van der Waals surface area contributed by atoms with E-state index in [0.717, 1.165) is 40.7 Å². The summed E-state index contributed by atoms with van der Waals surface area (Å²) in [6.07, 6.45) is 17.4. The largest absolute Gasteiger partial charge is 0.396 e. The van der Waals surface area contributed by atoms with E-state index < -0.39 is 0 Å².